The van der Waals surface area contributed by atoms with E-state index in [0.717, 1.165) is 5.92 Å². The quantitative estimate of drug-likeness (QED) is 0.594. The minimum atomic E-state index is 0.298. The van der Waals surface area contributed by atoms with Gasteiger partial charge in [-0.05, 0) is 41.9 Å². The first-order valence-corrected chi connectivity index (χ1v) is 6.43. The Bertz CT molecular complexity index is 330. The number of ketones is 1. The summed E-state index contributed by atoms with van der Waals surface area (Å²) >= 11 is 0. The zero-order valence-corrected chi connectivity index (χ0v) is 10.3. The smallest absolute Gasteiger partial charge is 0.140 e. The van der Waals surface area contributed by atoms with Gasteiger partial charge in [0.1, 0.15) is 5.78 Å². The molecule has 0 aromatic carbocycles. The molecule has 0 spiro atoms. The number of hydrogen-bond acceptors (Lipinski definition) is 1. The third-order valence-corrected chi connectivity index (χ3v) is 6.13. The number of hydrogen-bond donors (Lipinski definition) is 0. The van der Waals surface area contributed by atoms with Crippen LogP contribution in [-0.2, 0) is 4.79 Å². The van der Waals surface area contributed by atoms with Gasteiger partial charge in [-0.1, -0.05) is 27.7 Å². The maximum atomic E-state index is 12.5. The molecule has 4 aliphatic carbocycles. The van der Waals surface area contributed by atoms with Crippen molar-refractivity contribution < 1.29 is 4.79 Å². The Kier molecular flexibility index (Phi) is 1.64. The van der Waals surface area contributed by atoms with Gasteiger partial charge < -0.3 is 0 Å². The van der Waals surface area contributed by atoms with Crippen LogP contribution < -0.4 is 0 Å². The van der Waals surface area contributed by atoms with Crippen molar-refractivity contribution in [3.05, 3.63) is 0 Å². The van der Waals surface area contributed by atoms with Crippen LogP contribution in [0, 0.1) is 34.5 Å². The predicted molar refractivity (Wildman–Crippen MR) is 60.4 cm³/mol. The summed E-state index contributed by atoms with van der Waals surface area (Å²) in [6.07, 6.45) is 3.74. The fourth-order valence-electron chi connectivity index (χ4n) is 5.25. The van der Waals surface area contributed by atoms with E-state index in [2.05, 4.69) is 27.7 Å². The van der Waals surface area contributed by atoms with Crippen LogP contribution in [0.15, 0.2) is 0 Å². The zero-order chi connectivity index (χ0) is 11.0. The SMILES string of the molecule is C[C@H]1CC[C@@]2(C)C1C(=O)C1CC2C1(C)C. The maximum Gasteiger partial charge on any atom is 0.140 e. The average molecular weight is 206 g/mol. The van der Waals surface area contributed by atoms with Gasteiger partial charge in [0, 0.05) is 11.8 Å². The van der Waals surface area contributed by atoms with Gasteiger partial charge in [0.15, 0.2) is 0 Å². The summed E-state index contributed by atoms with van der Waals surface area (Å²) in [5.74, 6) is 2.84. The highest BCUT2D eigenvalue weighted by Crippen LogP contribution is 2.71. The molecule has 0 heterocycles. The molecule has 84 valence electrons. The monoisotopic (exact) mass is 206 g/mol. The summed E-state index contributed by atoms with van der Waals surface area (Å²) in [5, 5.41) is 0. The van der Waals surface area contributed by atoms with Crippen LogP contribution in [0.4, 0.5) is 0 Å². The van der Waals surface area contributed by atoms with Crippen molar-refractivity contribution >= 4 is 5.78 Å². The van der Waals surface area contributed by atoms with Gasteiger partial charge in [0.2, 0.25) is 0 Å². The van der Waals surface area contributed by atoms with Crippen molar-refractivity contribution in [1.29, 1.82) is 0 Å². The van der Waals surface area contributed by atoms with Gasteiger partial charge >= 0.3 is 0 Å². The second-order valence-electron chi connectivity index (χ2n) is 7.06. The largest absolute Gasteiger partial charge is 0.299 e. The lowest BCUT2D eigenvalue weighted by Crippen LogP contribution is -2.64. The molecule has 1 nitrogen and oxygen atoms in total. The molecule has 15 heavy (non-hydrogen) atoms. The minimum absolute atomic E-state index is 0.298. The molecule has 0 amide bonds. The van der Waals surface area contributed by atoms with E-state index in [4.69, 9.17) is 0 Å². The molecule has 0 aromatic rings. The molecule has 3 unspecified atom stereocenters. The Morgan fingerprint density at radius 3 is 2.53 bits per heavy atom. The molecule has 0 radical (unpaired) electrons. The summed E-state index contributed by atoms with van der Waals surface area (Å²) in [6.45, 7) is 9.30. The van der Waals surface area contributed by atoms with E-state index in [1.807, 2.05) is 0 Å². The lowest BCUT2D eigenvalue weighted by molar-refractivity contribution is -0.187. The normalized spacial score (nSPS) is 56.1. The first-order chi connectivity index (χ1) is 6.89. The van der Waals surface area contributed by atoms with Crippen LogP contribution >= 0.6 is 0 Å². The molecule has 0 aromatic heterocycles. The second kappa shape index (κ2) is 2.49. The fourth-order valence-corrected chi connectivity index (χ4v) is 5.25. The fraction of sp³-hybridized carbons (Fsp3) is 0.929. The Hall–Kier alpha value is -0.330. The third-order valence-electron chi connectivity index (χ3n) is 6.13. The van der Waals surface area contributed by atoms with Crippen molar-refractivity contribution in [2.75, 3.05) is 0 Å². The van der Waals surface area contributed by atoms with E-state index in [0.29, 0.717) is 34.4 Å². The molecule has 1 heteroatoms. The summed E-state index contributed by atoms with van der Waals surface area (Å²) in [4.78, 5) is 12.5. The lowest BCUT2D eigenvalue weighted by atomic mass is 9.38. The lowest BCUT2D eigenvalue weighted by Gasteiger charge is -2.65. The van der Waals surface area contributed by atoms with Crippen LogP contribution in [0.2, 0.25) is 0 Å². The highest BCUT2D eigenvalue weighted by Gasteiger charge is 2.69. The predicted octanol–water partition coefficient (Wildman–Crippen LogP) is 3.28. The van der Waals surface area contributed by atoms with E-state index >= 15 is 0 Å². The molecule has 4 fully saturated rings. The van der Waals surface area contributed by atoms with Gasteiger partial charge in [-0.3, -0.25) is 4.79 Å². The molecular weight excluding hydrogens is 184 g/mol. The minimum Gasteiger partial charge on any atom is -0.299 e. The van der Waals surface area contributed by atoms with E-state index in [1.165, 1.54) is 19.3 Å². The topological polar surface area (TPSA) is 17.1 Å². The zero-order valence-electron chi connectivity index (χ0n) is 10.3. The van der Waals surface area contributed by atoms with Crippen LogP contribution in [0.3, 0.4) is 0 Å². The molecule has 0 aliphatic heterocycles. The summed E-state index contributed by atoms with van der Waals surface area (Å²) < 4.78 is 0. The molecule has 4 saturated carbocycles. The molecule has 5 atom stereocenters. The Labute approximate surface area is 92.6 Å². The Balaban J connectivity index is 2.06. The van der Waals surface area contributed by atoms with Gasteiger partial charge in [-0.15, -0.1) is 0 Å². The van der Waals surface area contributed by atoms with E-state index in [9.17, 15) is 4.79 Å². The Morgan fingerprint density at radius 1 is 1.27 bits per heavy atom. The number of carbonyl (C=O) groups is 1. The van der Waals surface area contributed by atoms with Crippen LogP contribution in [0.25, 0.3) is 0 Å². The highest BCUT2D eigenvalue weighted by molar-refractivity contribution is 5.88. The molecule has 0 N–H and O–H groups in total. The molecule has 0 saturated heterocycles. The van der Waals surface area contributed by atoms with Gasteiger partial charge in [0.05, 0.1) is 0 Å². The van der Waals surface area contributed by atoms with E-state index in [1.54, 1.807) is 0 Å². The van der Waals surface area contributed by atoms with Crippen molar-refractivity contribution in [2.24, 2.45) is 34.5 Å². The van der Waals surface area contributed by atoms with Gasteiger partial charge in [0.25, 0.3) is 0 Å². The van der Waals surface area contributed by atoms with Gasteiger partial charge in [-0.2, -0.15) is 0 Å². The molecular formula is C14H22O. The summed E-state index contributed by atoms with van der Waals surface area (Å²) in [7, 11) is 0. The molecule has 4 rings (SSSR count). The summed E-state index contributed by atoms with van der Waals surface area (Å²) in [6, 6.07) is 0. The molecule has 4 aliphatic rings. The first kappa shape index (κ1) is 9.86. The maximum absolute atomic E-state index is 12.5. The molecule has 2 bridgehead atoms. The first-order valence-electron chi connectivity index (χ1n) is 6.43. The van der Waals surface area contributed by atoms with E-state index in [-0.39, 0.29) is 0 Å². The number of Topliss-reactive ketones (excluding diaryl/α,β-unsaturated/α-hetero) is 1. The van der Waals surface area contributed by atoms with Gasteiger partial charge in [-0.25, -0.2) is 0 Å². The second-order valence-corrected chi connectivity index (χ2v) is 7.06. The Morgan fingerprint density at radius 2 is 1.93 bits per heavy atom. The standard InChI is InChI=1S/C14H22O/c1-8-5-6-14(4)10-7-9(13(10,2)3)12(15)11(8)14/h8-11H,5-7H2,1-4H3/t8-,9?,10?,11?,14+/m0/s1. The van der Waals surface area contributed by atoms with Crippen molar-refractivity contribution in [1.82, 2.24) is 0 Å². The van der Waals surface area contributed by atoms with Crippen LogP contribution in [-0.4, -0.2) is 5.78 Å². The average Bonchev–Trinajstić information content (AvgIpc) is 2.42. The van der Waals surface area contributed by atoms with Crippen molar-refractivity contribution in [2.45, 2.75) is 47.0 Å². The van der Waals surface area contributed by atoms with E-state index < -0.39 is 0 Å². The summed E-state index contributed by atoms with van der Waals surface area (Å²) in [5.41, 5.74) is 0.640. The van der Waals surface area contributed by atoms with Crippen LogP contribution in [0.5, 0.6) is 0 Å². The highest BCUT2D eigenvalue weighted by atomic mass is 16.1. The third kappa shape index (κ3) is 0.893. The number of rotatable bonds is 0. The van der Waals surface area contributed by atoms with Crippen molar-refractivity contribution in [3.8, 4) is 0 Å². The number of carbonyl (C=O) groups excluding carboxylic acids is 1. The van der Waals surface area contributed by atoms with Crippen molar-refractivity contribution in [3.63, 3.8) is 0 Å². The van der Waals surface area contributed by atoms with Crippen LogP contribution in [0.1, 0.15) is 47.0 Å².